The van der Waals surface area contributed by atoms with E-state index in [4.69, 9.17) is 4.74 Å². The van der Waals surface area contributed by atoms with E-state index in [0.29, 0.717) is 11.4 Å². The number of hydrogen-bond acceptors (Lipinski definition) is 5. The highest BCUT2D eigenvalue weighted by Gasteiger charge is 2.13. The van der Waals surface area contributed by atoms with Gasteiger partial charge in [-0.3, -0.25) is 9.59 Å². The van der Waals surface area contributed by atoms with Gasteiger partial charge in [-0.15, -0.1) is 0 Å². The van der Waals surface area contributed by atoms with Gasteiger partial charge in [0.15, 0.2) is 5.16 Å². The van der Waals surface area contributed by atoms with Gasteiger partial charge in [0, 0.05) is 19.2 Å². The molecule has 1 N–H and O–H groups in total. The quantitative estimate of drug-likeness (QED) is 0.407. The molecule has 0 fully saturated rings. The summed E-state index contributed by atoms with van der Waals surface area (Å²) in [5.41, 5.74) is 2.63. The van der Waals surface area contributed by atoms with Crippen molar-refractivity contribution in [3.8, 4) is 5.75 Å². The van der Waals surface area contributed by atoms with Crippen molar-refractivity contribution in [3.63, 3.8) is 0 Å². The first-order chi connectivity index (χ1) is 12.6. The van der Waals surface area contributed by atoms with Crippen molar-refractivity contribution in [2.24, 2.45) is 0 Å². The highest BCUT2D eigenvalue weighted by Crippen LogP contribution is 2.24. The molecule has 3 rings (SSSR count). The molecule has 26 heavy (non-hydrogen) atoms. The zero-order valence-corrected chi connectivity index (χ0v) is 15.4. The molecular formula is C19H19N3O3S. The lowest BCUT2D eigenvalue weighted by atomic mass is 10.3. The van der Waals surface area contributed by atoms with E-state index in [1.165, 1.54) is 18.7 Å². The Morgan fingerprint density at radius 2 is 1.88 bits per heavy atom. The number of rotatable bonds is 6. The van der Waals surface area contributed by atoms with Crippen molar-refractivity contribution in [1.29, 1.82) is 0 Å². The van der Waals surface area contributed by atoms with Crippen LogP contribution in [0, 0.1) is 0 Å². The number of ether oxygens (including phenoxy) is 1. The highest BCUT2D eigenvalue weighted by atomic mass is 32.2. The van der Waals surface area contributed by atoms with Gasteiger partial charge in [0.2, 0.25) is 5.91 Å². The van der Waals surface area contributed by atoms with Gasteiger partial charge in [0.1, 0.15) is 5.75 Å². The predicted molar refractivity (Wildman–Crippen MR) is 103 cm³/mol. The van der Waals surface area contributed by atoms with Crippen molar-refractivity contribution < 1.29 is 14.3 Å². The second kappa shape index (κ2) is 8.05. The molecule has 2 aromatic carbocycles. The number of carbonyl (C=O) groups excluding carboxylic acids is 2. The number of amides is 1. The number of nitrogens with one attached hydrogen (secondary N) is 1. The number of imidazole rings is 1. The molecule has 134 valence electrons. The lowest BCUT2D eigenvalue weighted by Gasteiger charge is -2.07. The molecule has 0 radical (unpaired) electrons. The van der Waals surface area contributed by atoms with Gasteiger partial charge in [-0.05, 0) is 43.3 Å². The molecule has 7 heteroatoms. The summed E-state index contributed by atoms with van der Waals surface area (Å²) in [6.07, 6.45) is 0. The fraction of sp³-hybridized carbons (Fsp3) is 0.211. The van der Waals surface area contributed by atoms with E-state index in [2.05, 4.69) is 14.9 Å². The number of nitrogens with zero attached hydrogens (tertiary/aromatic N) is 2. The van der Waals surface area contributed by atoms with Gasteiger partial charge in [-0.2, -0.15) is 0 Å². The Morgan fingerprint density at radius 3 is 2.58 bits per heavy atom. The lowest BCUT2D eigenvalue weighted by Crippen LogP contribution is -2.11. The summed E-state index contributed by atoms with van der Waals surface area (Å²) >= 11 is 1.36. The number of hydrogen-bond donors (Lipinski definition) is 1. The molecule has 6 nitrogen and oxygen atoms in total. The topological polar surface area (TPSA) is 73.2 Å². The van der Waals surface area contributed by atoms with E-state index >= 15 is 0 Å². The number of fused-ring (bicyclic) bond motifs is 1. The molecule has 3 aromatic rings. The standard InChI is InChI=1S/C19H19N3O3S/c1-3-22-17-7-5-4-6-16(17)21-19(22)26-12-18(24)25-15-10-8-14(9-11-15)20-13(2)23/h4-11H,3,12H2,1-2H3,(H,20,23). The summed E-state index contributed by atoms with van der Waals surface area (Å²) in [7, 11) is 0. The maximum absolute atomic E-state index is 12.1. The van der Waals surface area contributed by atoms with Crippen LogP contribution in [0.5, 0.6) is 5.75 Å². The van der Waals surface area contributed by atoms with Crippen molar-refractivity contribution >= 4 is 40.4 Å². The van der Waals surface area contributed by atoms with E-state index in [-0.39, 0.29) is 17.6 Å². The average molecular weight is 369 g/mol. The molecule has 0 bridgehead atoms. The third-order valence-electron chi connectivity index (χ3n) is 3.66. The third kappa shape index (κ3) is 4.23. The molecule has 0 spiro atoms. The largest absolute Gasteiger partial charge is 0.426 e. The molecule has 0 aliphatic rings. The van der Waals surface area contributed by atoms with Gasteiger partial charge in [-0.1, -0.05) is 23.9 Å². The Hall–Kier alpha value is -2.80. The molecule has 0 saturated heterocycles. The van der Waals surface area contributed by atoms with Crippen molar-refractivity contribution in [3.05, 3.63) is 48.5 Å². The van der Waals surface area contributed by atoms with Crippen LogP contribution in [0.3, 0.4) is 0 Å². The minimum absolute atomic E-state index is 0.148. The van der Waals surface area contributed by atoms with Crippen molar-refractivity contribution in [1.82, 2.24) is 9.55 Å². The summed E-state index contributed by atoms with van der Waals surface area (Å²) in [5, 5.41) is 3.46. The maximum atomic E-state index is 12.1. The molecule has 1 aromatic heterocycles. The Balaban J connectivity index is 1.61. The molecule has 1 heterocycles. The number of esters is 1. The third-order valence-corrected chi connectivity index (χ3v) is 4.61. The minimum Gasteiger partial charge on any atom is -0.426 e. The Labute approximate surface area is 155 Å². The lowest BCUT2D eigenvalue weighted by molar-refractivity contribution is -0.131. The number of carbonyl (C=O) groups is 2. The molecule has 0 unspecified atom stereocenters. The first kappa shape index (κ1) is 18.0. The van der Waals surface area contributed by atoms with Crippen LogP contribution in [0.2, 0.25) is 0 Å². The van der Waals surface area contributed by atoms with Crippen LogP contribution in [0.15, 0.2) is 53.7 Å². The van der Waals surface area contributed by atoms with Gasteiger partial charge in [0.25, 0.3) is 0 Å². The molecule has 0 aliphatic carbocycles. The molecular weight excluding hydrogens is 350 g/mol. The first-order valence-electron chi connectivity index (χ1n) is 8.23. The minimum atomic E-state index is -0.350. The van der Waals surface area contributed by atoms with Gasteiger partial charge >= 0.3 is 5.97 Å². The molecule has 0 saturated carbocycles. The number of aromatic nitrogens is 2. The monoisotopic (exact) mass is 369 g/mol. The van der Waals surface area contributed by atoms with E-state index in [0.717, 1.165) is 22.7 Å². The van der Waals surface area contributed by atoms with Crippen molar-refractivity contribution in [2.45, 2.75) is 25.5 Å². The Bertz CT molecular complexity index is 935. The summed E-state index contributed by atoms with van der Waals surface area (Å²) in [5.74, 6) is 0.104. The van der Waals surface area contributed by atoms with Gasteiger partial charge < -0.3 is 14.6 Å². The van der Waals surface area contributed by atoms with Gasteiger partial charge in [0.05, 0.1) is 16.8 Å². The van der Waals surface area contributed by atoms with Crippen LogP contribution in [-0.4, -0.2) is 27.2 Å². The fourth-order valence-electron chi connectivity index (χ4n) is 2.56. The zero-order valence-electron chi connectivity index (χ0n) is 14.6. The normalized spacial score (nSPS) is 10.7. The van der Waals surface area contributed by atoms with E-state index in [1.807, 2.05) is 31.2 Å². The number of para-hydroxylation sites is 2. The molecule has 1 amide bonds. The molecule has 0 atom stereocenters. The SMILES string of the molecule is CCn1c(SCC(=O)Oc2ccc(NC(C)=O)cc2)nc2ccccc21. The van der Waals surface area contributed by atoms with Crippen LogP contribution in [0.1, 0.15) is 13.8 Å². The maximum Gasteiger partial charge on any atom is 0.321 e. The summed E-state index contributed by atoms with van der Waals surface area (Å²) in [6, 6.07) is 14.6. The van der Waals surface area contributed by atoms with Crippen molar-refractivity contribution in [2.75, 3.05) is 11.1 Å². The predicted octanol–water partition coefficient (Wildman–Crippen LogP) is 3.71. The molecule has 0 aliphatic heterocycles. The van der Waals surface area contributed by atoms with Crippen LogP contribution in [-0.2, 0) is 16.1 Å². The van der Waals surface area contributed by atoms with Crippen LogP contribution in [0.25, 0.3) is 11.0 Å². The van der Waals surface area contributed by atoms with E-state index in [9.17, 15) is 9.59 Å². The van der Waals surface area contributed by atoms with Crippen LogP contribution in [0.4, 0.5) is 5.69 Å². The number of aryl methyl sites for hydroxylation is 1. The second-order valence-electron chi connectivity index (χ2n) is 5.60. The Kier molecular flexibility index (Phi) is 5.58. The van der Waals surface area contributed by atoms with Crippen LogP contribution >= 0.6 is 11.8 Å². The van der Waals surface area contributed by atoms with E-state index in [1.54, 1.807) is 24.3 Å². The summed E-state index contributed by atoms with van der Waals surface area (Å²) in [6.45, 7) is 4.27. The summed E-state index contributed by atoms with van der Waals surface area (Å²) < 4.78 is 7.41. The zero-order chi connectivity index (χ0) is 18.5. The highest BCUT2D eigenvalue weighted by molar-refractivity contribution is 7.99. The Morgan fingerprint density at radius 1 is 1.15 bits per heavy atom. The first-order valence-corrected chi connectivity index (χ1v) is 9.21. The second-order valence-corrected chi connectivity index (χ2v) is 6.54. The van der Waals surface area contributed by atoms with E-state index < -0.39 is 0 Å². The van der Waals surface area contributed by atoms with Gasteiger partial charge in [-0.25, -0.2) is 4.98 Å². The average Bonchev–Trinajstić information content (AvgIpc) is 2.98. The number of anilines is 1. The smallest absolute Gasteiger partial charge is 0.321 e. The summed E-state index contributed by atoms with van der Waals surface area (Å²) in [4.78, 5) is 27.7. The number of thioether (sulfide) groups is 1. The van der Waals surface area contributed by atoms with Crippen LogP contribution < -0.4 is 10.1 Å². The fourth-order valence-corrected chi connectivity index (χ4v) is 3.42. The number of benzene rings is 2.